The van der Waals surface area contributed by atoms with Crippen LogP contribution in [0.5, 0.6) is 5.75 Å². The van der Waals surface area contributed by atoms with E-state index < -0.39 is 17.8 Å². The fraction of sp³-hybridized carbons (Fsp3) is 0.276. The topological polar surface area (TPSA) is 118 Å². The first kappa shape index (κ1) is 28.2. The van der Waals surface area contributed by atoms with E-state index in [2.05, 4.69) is 15.6 Å². The monoisotopic (exact) mass is 541 g/mol. The van der Waals surface area contributed by atoms with Crippen molar-refractivity contribution in [3.63, 3.8) is 0 Å². The zero-order chi connectivity index (χ0) is 28.2. The number of aliphatic hydroxyl groups is 2. The highest BCUT2D eigenvalue weighted by molar-refractivity contribution is 5.98. The molecule has 0 spiro atoms. The minimum Gasteiger partial charge on any atom is -0.508 e. The van der Waals surface area contributed by atoms with Crippen LogP contribution in [0.4, 0.5) is 13.2 Å². The third-order valence-corrected chi connectivity index (χ3v) is 6.52. The number of carbonyl (C=O) groups is 1. The average Bonchev–Trinajstić information content (AvgIpc) is 3.34. The van der Waals surface area contributed by atoms with Gasteiger partial charge in [-0.1, -0.05) is 24.3 Å². The van der Waals surface area contributed by atoms with Crippen molar-refractivity contribution in [3.8, 4) is 5.75 Å². The van der Waals surface area contributed by atoms with E-state index in [4.69, 9.17) is 0 Å². The van der Waals surface area contributed by atoms with E-state index >= 15 is 0 Å². The number of hydrogen-bond donors (Lipinski definition) is 6. The summed E-state index contributed by atoms with van der Waals surface area (Å²) in [5, 5.41) is 36.3. The summed E-state index contributed by atoms with van der Waals surface area (Å²) < 4.78 is 38.2. The second kappa shape index (κ2) is 11.9. The number of hydrogen-bond acceptors (Lipinski definition) is 5. The Morgan fingerprint density at radius 3 is 2.41 bits per heavy atom. The van der Waals surface area contributed by atoms with Crippen LogP contribution < -0.4 is 10.6 Å². The molecule has 0 radical (unpaired) electrons. The van der Waals surface area contributed by atoms with E-state index in [-0.39, 0.29) is 37.4 Å². The Balaban J connectivity index is 1.31. The first-order valence-corrected chi connectivity index (χ1v) is 12.4. The molecule has 0 saturated heterocycles. The number of fused-ring (bicyclic) bond motifs is 1. The maximum atomic E-state index is 12.7. The minimum absolute atomic E-state index is 0.0188. The van der Waals surface area contributed by atoms with Gasteiger partial charge in [-0.2, -0.15) is 13.2 Å². The lowest BCUT2D eigenvalue weighted by atomic mass is 10.0. The van der Waals surface area contributed by atoms with Gasteiger partial charge in [-0.3, -0.25) is 4.79 Å². The number of phenols is 1. The molecule has 3 aromatic carbocycles. The molecule has 1 amide bonds. The SMILES string of the molecule is C[C@H](Cc1ccc2[nH]c(C(=O)NCc3ccc(C(F)(F)F)cc3)cc2c1)NC[C@@H](O)c1ccc(O)c(CO)c1. The normalized spacial score (nSPS) is 13.4. The second-order valence-electron chi connectivity index (χ2n) is 9.56. The molecule has 6 N–H and O–H groups in total. The molecule has 2 atom stereocenters. The molecular formula is C29H30F3N3O4. The van der Waals surface area contributed by atoms with Gasteiger partial charge >= 0.3 is 6.18 Å². The van der Waals surface area contributed by atoms with Gasteiger partial charge in [-0.05, 0) is 72.5 Å². The first-order chi connectivity index (χ1) is 18.5. The number of carbonyl (C=O) groups excluding carboxylic acids is 1. The van der Waals surface area contributed by atoms with Gasteiger partial charge in [0.25, 0.3) is 5.91 Å². The van der Waals surface area contributed by atoms with Crippen LogP contribution in [-0.2, 0) is 25.7 Å². The summed E-state index contributed by atoms with van der Waals surface area (Å²) in [6.45, 7) is 2.05. The summed E-state index contributed by atoms with van der Waals surface area (Å²) in [6.07, 6.45) is -4.55. The van der Waals surface area contributed by atoms with Gasteiger partial charge in [0.15, 0.2) is 0 Å². The predicted octanol–water partition coefficient (Wildman–Crippen LogP) is 4.57. The van der Waals surface area contributed by atoms with Crippen molar-refractivity contribution in [1.29, 1.82) is 0 Å². The molecule has 0 fully saturated rings. The zero-order valence-corrected chi connectivity index (χ0v) is 21.2. The average molecular weight is 542 g/mol. The number of aromatic nitrogens is 1. The minimum atomic E-state index is -4.40. The number of aromatic hydroxyl groups is 1. The molecule has 10 heteroatoms. The van der Waals surface area contributed by atoms with E-state index in [0.29, 0.717) is 28.8 Å². The standard InChI is InChI=1S/C29H30F3N3O4/c1-17(33-15-27(38)20-5-9-26(37)22(12-20)16-36)10-19-4-8-24-21(11-19)13-25(35-24)28(39)34-14-18-2-6-23(7-3-18)29(30,31)32/h2-9,11-13,17,27,33,35-38H,10,14-16H2,1H3,(H,34,39)/t17-,27-/m1/s1. The number of aliphatic hydroxyl groups excluding tert-OH is 2. The smallest absolute Gasteiger partial charge is 0.416 e. The molecule has 0 unspecified atom stereocenters. The molecule has 0 saturated carbocycles. The summed E-state index contributed by atoms with van der Waals surface area (Å²) in [6, 6.07) is 16.8. The van der Waals surface area contributed by atoms with Crippen molar-refractivity contribution >= 4 is 16.8 Å². The van der Waals surface area contributed by atoms with Gasteiger partial charge in [0.05, 0.1) is 18.3 Å². The predicted molar refractivity (Wildman–Crippen MR) is 141 cm³/mol. The lowest BCUT2D eigenvalue weighted by Crippen LogP contribution is -2.32. The molecule has 0 aliphatic rings. The number of H-pyrrole nitrogens is 1. The Hall–Kier alpha value is -3.86. The Kier molecular flexibility index (Phi) is 8.59. The quantitative estimate of drug-likeness (QED) is 0.176. The fourth-order valence-electron chi connectivity index (χ4n) is 4.32. The Labute approximate surface area is 223 Å². The van der Waals surface area contributed by atoms with Gasteiger partial charge < -0.3 is 30.9 Å². The van der Waals surface area contributed by atoms with Crippen molar-refractivity contribution < 1.29 is 33.3 Å². The lowest BCUT2D eigenvalue weighted by molar-refractivity contribution is -0.137. The van der Waals surface area contributed by atoms with Gasteiger partial charge in [-0.25, -0.2) is 0 Å². The molecule has 0 aliphatic carbocycles. The molecule has 206 valence electrons. The van der Waals surface area contributed by atoms with Crippen LogP contribution >= 0.6 is 0 Å². The first-order valence-electron chi connectivity index (χ1n) is 12.4. The number of nitrogens with one attached hydrogen (secondary N) is 3. The summed E-state index contributed by atoms with van der Waals surface area (Å²) in [7, 11) is 0. The highest BCUT2D eigenvalue weighted by atomic mass is 19.4. The lowest BCUT2D eigenvalue weighted by Gasteiger charge is -2.18. The van der Waals surface area contributed by atoms with Crippen molar-refractivity contribution in [3.05, 3.63) is 100 Å². The third-order valence-electron chi connectivity index (χ3n) is 6.52. The van der Waals surface area contributed by atoms with Gasteiger partial charge in [0, 0.05) is 35.6 Å². The van der Waals surface area contributed by atoms with Gasteiger partial charge in [0.1, 0.15) is 11.4 Å². The van der Waals surface area contributed by atoms with Crippen LogP contribution in [0.1, 0.15) is 51.3 Å². The summed E-state index contributed by atoms with van der Waals surface area (Å²) in [5.41, 5.74) is 2.92. The Morgan fingerprint density at radius 1 is 1.00 bits per heavy atom. The van der Waals surface area contributed by atoms with Crippen molar-refractivity contribution in [1.82, 2.24) is 15.6 Å². The van der Waals surface area contributed by atoms with Crippen molar-refractivity contribution in [2.45, 2.75) is 44.8 Å². The van der Waals surface area contributed by atoms with Gasteiger partial charge in [-0.15, -0.1) is 0 Å². The molecule has 0 bridgehead atoms. The van der Waals surface area contributed by atoms with E-state index in [1.165, 1.54) is 18.2 Å². The Morgan fingerprint density at radius 2 is 1.72 bits per heavy atom. The van der Waals surface area contributed by atoms with E-state index in [0.717, 1.165) is 28.6 Å². The number of amides is 1. The maximum Gasteiger partial charge on any atom is 0.416 e. The molecule has 1 heterocycles. The molecule has 4 rings (SSSR count). The summed E-state index contributed by atoms with van der Waals surface area (Å²) >= 11 is 0. The Bertz CT molecular complexity index is 1430. The third kappa shape index (κ3) is 7.17. The maximum absolute atomic E-state index is 12.7. The molecule has 0 aliphatic heterocycles. The number of alkyl halides is 3. The number of rotatable bonds is 10. The van der Waals surface area contributed by atoms with Crippen LogP contribution in [0, 0.1) is 0 Å². The molecule has 39 heavy (non-hydrogen) atoms. The molecule has 7 nitrogen and oxygen atoms in total. The van der Waals surface area contributed by atoms with Crippen LogP contribution in [-0.4, -0.2) is 38.8 Å². The highest BCUT2D eigenvalue weighted by Gasteiger charge is 2.29. The molecule has 1 aromatic heterocycles. The van der Waals surface area contributed by atoms with E-state index in [1.54, 1.807) is 18.2 Å². The largest absolute Gasteiger partial charge is 0.508 e. The molecule has 4 aromatic rings. The van der Waals surface area contributed by atoms with Crippen LogP contribution in [0.3, 0.4) is 0 Å². The summed E-state index contributed by atoms with van der Waals surface area (Å²) in [5.74, 6) is -0.384. The van der Waals surface area contributed by atoms with Gasteiger partial charge in [0.2, 0.25) is 0 Å². The highest BCUT2D eigenvalue weighted by Crippen LogP contribution is 2.29. The van der Waals surface area contributed by atoms with Crippen LogP contribution in [0.25, 0.3) is 10.9 Å². The zero-order valence-electron chi connectivity index (χ0n) is 21.2. The van der Waals surface area contributed by atoms with Crippen molar-refractivity contribution in [2.24, 2.45) is 0 Å². The number of halogens is 3. The van der Waals surface area contributed by atoms with E-state index in [9.17, 15) is 33.3 Å². The van der Waals surface area contributed by atoms with Crippen molar-refractivity contribution in [2.75, 3.05) is 6.54 Å². The summed E-state index contributed by atoms with van der Waals surface area (Å²) in [4.78, 5) is 15.7. The second-order valence-corrected chi connectivity index (χ2v) is 9.56. The fourth-order valence-corrected chi connectivity index (χ4v) is 4.32. The van der Waals surface area contributed by atoms with E-state index in [1.807, 2.05) is 25.1 Å². The van der Waals surface area contributed by atoms with Crippen LogP contribution in [0.2, 0.25) is 0 Å². The molecular weight excluding hydrogens is 511 g/mol. The number of aromatic amines is 1. The number of benzene rings is 3. The van der Waals surface area contributed by atoms with Crippen LogP contribution in [0.15, 0.2) is 66.7 Å².